The van der Waals surface area contributed by atoms with Gasteiger partial charge < -0.3 is 10.2 Å². The quantitative estimate of drug-likeness (QED) is 0.803. The lowest BCUT2D eigenvalue weighted by Gasteiger charge is -2.15. The van der Waals surface area contributed by atoms with E-state index in [0.29, 0.717) is 5.82 Å². The zero-order valence-electron chi connectivity index (χ0n) is 10.3. The zero-order valence-corrected chi connectivity index (χ0v) is 10.3. The van der Waals surface area contributed by atoms with Gasteiger partial charge in [0.2, 0.25) is 5.91 Å². The first-order chi connectivity index (χ1) is 8.65. The Hall–Kier alpha value is -2.05. The van der Waals surface area contributed by atoms with Crippen LogP contribution in [-0.2, 0) is 11.8 Å². The maximum atomic E-state index is 11.7. The molecule has 1 aliphatic heterocycles. The Morgan fingerprint density at radius 2 is 2.11 bits per heavy atom. The van der Waals surface area contributed by atoms with Crippen molar-refractivity contribution in [3.63, 3.8) is 0 Å². The zero-order chi connectivity index (χ0) is 13.0. The summed E-state index contributed by atoms with van der Waals surface area (Å²) in [6.07, 6.45) is 3.82. The maximum absolute atomic E-state index is 11.7. The van der Waals surface area contributed by atoms with Gasteiger partial charge in [-0.3, -0.25) is 14.8 Å². The van der Waals surface area contributed by atoms with Crippen LogP contribution < -0.4 is 10.6 Å². The van der Waals surface area contributed by atoms with Crippen LogP contribution in [0.25, 0.3) is 0 Å². The van der Waals surface area contributed by atoms with Crippen molar-refractivity contribution in [3.05, 3.63) is 12.3 Å². The highest BCUT2D eigenvalue weighted by molar-refractivity contribution is 5.91. The molecule has 7 nitrogen and oxygen atoms in total. The average Bonchev–Trinajstić information content (AvgIpc) is 2.97. The van der Waals surface area contributed by atoms with Crippen LogP contribution in [0.1, 0.15) is 12.8 Å². The molecule has 98 valence electrons. The normalized spacial score (nSPS) is 14.6. The largest absolute Gasteiger partial charge is 0.341 e. The van der Waals surface area contributed by atoms with Gasteiger partial charge in [0.05, 0.1) is 6.54 Å². The van der Waals surface area contributed by atoms with Crippen LogP contribution in [-0.4, -0.2) is 46.3 Å². The van der Waals surface area contributed by atoms with Crippen LogP contribution in [0.15, 0.2) is 12.3 Å². The summed E-state index contributed by atoms with van der Waals surface area (Å²) in [7, 11) is 1.76. The van der Waals surface area contributed by atoms with Gasteiger partial charge in [-0.05, 0) is 12.8 Å². The van der Waals surface area contributed by atoms with Crippen molar-refractivity contribution in [1.82, 2.24) is 20.0 Å². The minimum atomic E-state index is -0.416. The molecule has 2 rings (SSSR count). The van der Waals surface area contributed by atoms with E-state index in [0.717, 1.165) is 25.9 Å². The van der Waals surface area contributed by atoms with Gasteiger partial charge in [-0.15, -0.1) is 0 Å². The van der Waals surface area contributed by atoms with Crippen LogP contribution in [0.5, 0.6) is 0 Å². The molecule has 0 aromatic carbocycles. The van der Waals surface area contributed by atoms with E-state index in [1.165, 1.54) is 0 Å². The molecule has 0 saturated carbocycles. The van der Waals surface area contributed by atoms with Crippen LogP contribution in [0, 0.1) is 0 Å². The highest BCUT2D eigenvalue weighted by Crippen LogP contribution is 2.06. The molecule has 0 aliphatic carbocycles. The number of likely N-dealkylation sites (tertiary alicyclic amines) is 1. The van der Waals surface area contributed by atoms with Crippen molar-refractivity contribution in [3.8, 4) is 0 Å². The topological polar surface area (TPSA) is 79.3 Å². The fraction of sp³-hybridized carbons (Fsp3) is 0.545. The molecular formula is C11H17N5O2. The number of nitrogens with one attached hydrogen (secondary N) is 2. The average molecular weight is 251 g/mol. The minimum Gasteiger partial charge on any atom is -0.341 e. The number of amides is 3. The number of aryl methyl sites for hydroxylation is 1. The molecule has 0 spiro atoms. The Labute approximate surface area is 105 Å². The monoisotopic (exact) mass is 251 g/mol. The van der Waals surface area contributed by atoms with Crippen molar-refractivity contribution in [2.45, 2.75) is 12.8 Å². The Bertz CT molecular complexity index is 436. The van der Waals surface area contributed by atoms with Crippen molar-refractivity contribution >= 4 is 17.8 Å². The molecule has 1 saturated heterocycles. The number of carbonyl (C=O) groups excluding carboxylic acids is 2. The van der Waals surface area contributed by atoms with Gasteiger partial charge >= 0.3 is 6.03 Å². The summed E-state index contributed by atoms with van der Waals surface area (Å²) in [6.45, 7) is 1.61. The van der Waals surface area contributed by atoms with E-state index >= 15 is 0 Å². The van der Waals surface area contributed by atoms with Crippen LogP contribution >= 0.6 is 0 Å². The van der Waals surface area contributed by atoms with Crippen molar-refractivity contribution in [2.75, 3.05) is 25.0 Å². The van der Waals surface area contributed by atoms with Gasteiger partial charge in [0.25, 0.3) is 0 Å². The summed E-state index contributed by atoms with van der Waals surface area (Å²) < 4.78 is 1.59. The second-order valence-electron chi connectivity index (χ2n) is 4.27. The summed E-state index contributed by atoms with van der Waals surface area (Å²) in [5.41, 5.74) is 0. The first kappa shape index (κ1) is 12.4. The lowest BCUT2D eigenvalue weighted by atomic mass is 10.4. The highest BCUT2D eigenvalue weighted by Gasteiger charge is 2.18. The molecule has 7 heteroatoms. The van der Waals surface area contributed by atoms with Gasteiger partial charge in [0.1, 0.15) is 0 Å². The van der Waals surface area contributed by atoms with Gasteiger partial charge in [0, 0.05) is 32.4 Å². The lowest BCUT2D eigenvalue weighted by Crippen LogP contribution is -2.40. The highest BCUT2D eigenvalue weighted by atomic mass is 16.2. The second kappa shape index (κ2) is 5.52. The lowest BCUT2D eigenvalue weighted by molar-refractivity contribution is -0.128. The summed E-state index contributed by atoms with van der Waals surface area (Å²) >= 11 is 0. The number of aromatic nitrogens is 2. The van der Waals surface area contributed by atoms with Gasteiger partial charge in [-0.25, -0.2) is 4.79 Å². The molecule has 0 bridgehead atoms. The summed E-state index contributed by atoms with van der Waals surface area (Å²) in [5.74, 6) is 0.423. The number of nitrogens with zero attached hydrogens (tertiary/aromatic N) is 3. The predicted molar refractivity (Wildman–Crippen MR) is 66.0 cm³/mol. The molecule has 0 atom stereocenters. The van der Waals surface area contributed by atoms with Crippen molar-refractivity contribution in [1.29, 1.82) is 0 Å². The number of hydrogen-bond acceptors (Lipinski definition) is 3. The van der Waals surface area contributed by atoms with Gasteiger partial charge in [-0.1, -0.05) is 0 Å². The molecule has 0 radical (unpaired) electrons. The van der Waals surface area contributed by atoms with Crippen molar-refractivity contribution in [2.24, 2.45) is 7.05 Å². The molecule has 1 aromatic rings. The number of urea groups is 1. The summed E-state index contributed by atoms with van der Waals surface area (Å²) in [4.78, 5) is 24.9. The fourth-order valence-corrected chi connectivity index (χ4v) is 1.88. The summed E-state index contributed by atoms with van der Waals surface area (Å²) in [5, 5.41) is 9.09. The Morgan fingerprint density at radius 3 is 2.72 bits per heavy atom. The fourth-order valence-electron chi connectivity index (χ4n) is 1.88. The van der Waals surface area contributed by atoms with Crippen LogP contribution in [0.4, 0.5) is 10.6 Å². The van der Waals surface area contributed by atoms with E-state index < -0.39 is 6.03 Å². The predicted octanol–water partition coefficient (Wildman–Crippen LogP) is 0.164. The molecule has 2 heterocycles. The standard InChI is InChI=1S/C11H17N5O2/c1-15-7-4-9(14-15)13-11(18)12-8-10(17)16-5-2-3-6-16/h4,7H,2-3,5-6,8H2,1H3,(H2,12,13,14,18). The van der Waals surface area contributed by atoms with Gasteiger partial charge in [0.15, 0.2) is 5.82 Å². The van der Waals surface area contributed by atoms with Crippen LogP contribution in [0.3, 0.4) is 0 Å². The van der Waals surface area contributed by atoms with E-state index in [-0.39, 0.29) is 12.5 Å². The molecular weight excluding hydrogens is 234 g/mol. The van der Waals surface area contributed by atoms with Crippen LogP contribution in [0.2, 0.25) is 0 Å². The first-order valence-electron chi connectivity index (χ1n) is 5.97. The van der Waals surface area contributed by atoms with E-state index in [2.05, 4.69) is 15.7 Å². The van der Waals surface area contributed by atoms with E-state index in [9.17, 15) is 9.59 Å². The molecule has 18 heavy (non-hydrogen) atoms. The number of rotatable bonds is 3. The van der Waals surface area contributed by atoms with Gasteiger partial charge in [-0.2, -0.15) is 5.10 Å². The maximum Gasteiger partial charge on any atom is 0.320 e. The SMILES string of the molecule is Cn1ccc(NC(=O)NCC(=O)N2CCCC2)n1. The molecule has 1 aromatic heterocycles. The molecule has 1 aliphatic rings. The third kappa shape index (κ3) is 3.22. The number of anilines is 1. The molecule has 1 fully saturated rings. The molecule has 0 unspecified atom stereocenters. The van der Waals surface area contributed by atoms with E-state index in [1.54, 1.807) is 28.9 Å². The smallest absolute Gasteiger partial charge is 0.320 e. The number of carbonyl (C=O) groups is 2. The van der Waals surface area contributed by atoms with Crippen molar-refractivity contribution < 1.29 is 9.59 Å². The third-order valence-electron chi connectivity index (χ3n) is 2.81. The summed E-state index contributed by atoms with van der Waals surface area (Å²) in [6, 6.07) is 1.27. The Balaban J connectivity index is 1.72. The van der Waals surface area contributed by atoms with E-state index in [4.69, 9.17) is 0 Å². The second-order valence-corrected chi connectivity index (χ2v) is 4.27. The number of hydrogen-bond donors (Lipinski definition) is 2. The first-order valence-corrected chi connectivity index (χ1v) is 5.97. The molecule has 3 amide bonds. The minimum absolute atomic E-state index is 0.0265. The Morgan fingerprint density at radius 1 is 1.39 bits per heavy atom. The Kier molecular flexibility index (Phi) is 3.81. The molecule has 2 N–H and O–H groups in total. The third-order valence-corrected chi connectivity index (χ3v) is 2.81. The van der Waals surface area contributed by atoms with E-state index in [1.807, 2.05) is 0 Å².